The van der Waals surface area contributed by atoms with E-state index in [0.717, 1.165) is 11.8 Å². The number of hydrogen-bond acceptors (Lipinski definition) is 4. The molecule has 104 valence electrons. The van der Waals surface area contributed by atoms with Crippen molar-refractivity contribution in [1.29, 1.82) is 5.26 Å². The Labute approximate surface area is 117 Å². The fraction of sp³-hybridized carbons (Fsp3) is 0.417. The number of sulfonamides is 1. The summed E-state index contributed by atoms with van der Waals surface area (Å²) in [7, 11) is -3.94. The van der Waals surface area contributed by atoms with Gasteiger partial charge in [-0.2, -0.15) is 17.0 Å². The highest BCUT2D eigenvalue weighted by atomic mass is 32.2. The van der Waals surface area contributed by atoms with E-state index in [2.05, 4.69) is 4.72 Å². The molecule has 1 aromatic rings. The summed E-state index contributed by atoms with van der Waals surface area (Å²) in [4.78, 5) is -0.484. The van der Waals surface area contributed by atoms with E-state index < -0.39 is 20.7 Å². The van der Waals surface area contributed by atoms with Crippen molar-refractivity contribution < 1.29 is 12.8 Å². The van der Waals surface area contributed by atoms with Crippen LogP contribution in [-0.4, -0.2) is 26.5 Å². The topological polar surface area (TPSA) is 70.0 Å². The number of thioether (sulfide) groups is 1. The molecule has 1 N–H and O–H groups in total. The molecular weight excluding hydrogens is 287 g/mol. The van der Waals surface area contributed by atoms with Crippen LogP contribution in [0.4, 0.5) is 4.39 Å². The predicted molar refractivity (Wildman–Crippen MR) is 73.9 cm³/mol. The maximum Gasteiger partial charge on any atom is 0.243 e. The number of nitrogens with one attached hydrogen (secondary N) is 1. The summed E-state index contributed by atoms with van der Waals surface area (Å²) >= 11 is 1.61. The van der Waals surface area contributed by atoms with Crippen molar-refractivity contribution in [3.63, 3.8) is 0 Å². The van der Waals surface area contributed by atoms with Crippen LogP contribution in [0.1, 0.15) is 18.9 Å². The maximum atomic E-state index is 13.8. The largest absolute Gasteiger partial charge is 0.243 e. The minimum atomic E-state index is -3.94. The lowest BCUT2D eigenvalue weighted by Gasteiger charge is -2.14. The molecule has 0 bridgehead atoms. The molecule has 0 heterocycles. The summed E-state index contributed by atoms with van der Waals surface area (Å²) in [6.45, 7) is 1.72. The van der Waals surface area contributed by atoms with Gasteiger partial charge in [0.1, 0.15) is 11.0 Å². The Kier molecular flexibility index (Phi) is 5.79. The summed E-state index contributed by atoms with van der Waals surface area (Å²) in [6.07, 6.45) is 2.58. The molecule has 7 heteroatoms. The number of benzene rings is 1. The average Bonchev–Trinajstić information content (AvgIpc) is 2.35. The van der Waals surface area contributed by atoms with Crippen LogP contribution < -0.4 is 4.72 Å². The van der Waals surface area contributed by atoms with Gasteiger partial charge in [-0.3, -0.25) is 0 Å². The Hall–Kier alpha value is -1.10. The van der Waals surface area contributed by atoms with E-state index in [0.29, 0.717) is 6.42 Å². The summed E-state index contributed by atoms with van der Waals surface area (Å²) < 4.78 is 40.3. The van der Waals surface area contributed by atoms with Crippen molar-refractivity contribution in [2.75, 3.05) is 12.0 Å². The van der Waals surface area contributed by atoms with Crippen molar-refractivity contribution in [3.8, 4) is 6.07 Å². The summed E-state index contributed by atoms with van der Waals surface area (Å²) in [5.74, 6) is -0.195. The molecule has 19 heavy (non-hydrogen) atoms. The standard InChI is InChI=1S/C12H15FN2O2S2/c1-9(6-7-18-2)15-19(16,17)11-5-3-4-10(8-14)12(11)13/h3-5,9,15H,6-7H2,1-2H3. The third kappa shape index (κ3) is 4.20. The molecule has 0 aliphatic carbocycles. The Morgan fingerprint density at radius 1 is 1.53 bits per heavy atom. The summed E-state index contributed by atoms with van der Waals surface area (Å²) in [6, 6.07) is 5.08. The Balaban J connectivity index is 2.99. The van der Waals surface area contributed by atoms with Crippen molar-refractivity contribution in [1.82, 2.24) is 4.72 Å². The molecule has 0 aromatic heterocycles. The van der Waals surface area contributed by atoms with E-state index in [4.69, 9.17) is 5.26 Å². The van der Waals surface area contributed by atoms with Gasteiger partial charge in [0.05, 0.1) is 5.56 Å². The van der Waals surface area contributed by atoms with Gasteiger partial charge in [0.2, 0.25) is 10.0 Å². The average molecular weight is 302 g/mol. The van der Waals surface area contributed by atoms with E-state index in [9.17, 15) is 12.8 Å². The van der Waals surface area contributed by atoms with Crippen LogP contribution in [0, 0.1) is 17.1 Å². The van der Waals surface area contributed by atoms with Crippen molar-refractivity contribution in [2.24, 2.45) is 0 Å². The van der Waals surface area contributed by atoms with Gasteiger partial charge in [0.25, 0.3) is 0 Å². The van der Waals surface area contributed by atoms with Crippen molar-refractivity contribution in [3.05, 3.63) is 29.6 Å². The van der Waals surface area contributed by atoms with Gasteiger partial charge in [-0.05, 0) is 37.5 Å². The second-order valence-electron chi connectivity index (χ2n) is 4.03. The number of hydrogen-bond donors (Lipinski definition) is 1. The smallest absolute Gasteiger partial charge is 0.208 e. The molecule has 4 nitrogen and oxygen atoms in total. The van der Waals surface area contributed by atoms with E-state index in [1.165, 1.54) is 12.1 Å². The zero-order chi connectivity index (χ0) is 14.5. The second-order valence-corrected chi connectivity index (χ2v) is 6.70. The fourth-order valence-electron chi connectivity index (χ4n) is 1.49. The quantitative estimate of drug-likeness (QED) is 0.874. The molecule has 1 aromatic carbocycles. The van der Waals surface area contributed by atoms with Gasteiger partial charge in [0, 0.05) is 6.04 Å². The lowest BCUT2D eigenvalue weighted by molar-refractivity contribution is 0.539. The monoisotopic (exact) mass is 302 g/mol. The van der Waals surface area contributed by atoms with Gasteiger partial charge in [-0.25, -0.2) is 17.5 Å². The number of nitrogens with zero attached hydrogens (tertiary/aromatic N) is 1. The Morgan fingerprint density at radius 2 is 2.21 bits per heavy atom. The zero-order valence-electron chi connectivity index (χ0n) is 10.7. The molecular formula is C12H15FN2O2S2. The van der Waals surface area contributed by atoms with Gasteiger partial charge < -0.3 is 0 Å². The molecule has 0 fully saturated rings. The van der Waals surface area contributed by atoms with Crippen LogP contribution in [-0.2, 0) is 10.0 Å². The Morgan fingerprint density at radius 3 is 2.79 bits per heavy atom. The SMILES string of the molecule is CSCCC(C)NS(=O)(=O)c1cccc(C#N)c1F. The summed E-state index contributed by atoms with van der Waals surface area (Å²) in [5.41, 5.74) is -0.278. The first-order valence-corrected chi connectivity index (χ1v) is 8.50. The first-order valence-electron chi connectivity index (χ1n) is 5.62. The molecule has 0 saturated carbocycles. The van der Waals surface area contributed by atoms with Crippen LogP contribution in [0.3, 0.4) is 0 Å². The molecule has 0 spiro atoms. The lowest BCUT2D eigenvalue weighted by atomic mass is 10.2. The second kappa shape index (κ2) is 6.89. The first-order chi connectivity index (χ1) is 8.92. The fourth-order valence-corrected chi connectivity index (χ4v) is 3.45. The lowest BCUT2D eigenvalue weighted by Crippen LogP contribution is -2.33. The normalized spacial score (nSPS) is 12.9. The molecule has 1 unspecified atom stereocenters. The van der Waals surface area contributed by atoms with Gasteiger partial charge in [0.15, 0.2) is 5.82 Å². The van der Waals surface area contributed by atoms with E-state index in [1.54, 1.807) is 24.8 Å². The first kappa shape index (κ1) is 16.0. The zero-order valence-corrected chi connectivity index (χ0v) is 12.3. The third-order valence-corrected chi connectivity index (χ3v) is 4.74. The predicted octanol–water partition coefficient (Wildman–Crippen LogP) is 2.12. The minimum Gasteiger partial charge on any atom is -0.208 e. The van der Waals surface area contributed by atoms with Gasteiger partial charge in [-0.1, -0.05) is 6.07 Å². The van der Waals surface area contributed by atoms with Crippen LogP contribution in [0.5, 0.6) is 0 Å². The minimum absolute atomic E-state index is 0.278. The van der Waals surface area contributed by atoms with Gasteiger partial charge in [-0.15, -0.1) is 0 Å². The van der Waals surface area contributed by atoms with E-state index >= 15 is 0 Å². The molecule has 1 rings (SSSR count). The van der Waals surface area contributed by atoms with Crippen molar-refractivity contribution >= 4 is 21.8 Å². The molecule has 1 atom stereocenters. The molecule has 0 amide bonds. The Bertz CT molecular complexity index is 582. The van der Waals surface area contributed by atoms with Crippen LogP contribution in [0.15, 0.2) is 23.1 Å². The van der Waals surface area contributed by atoms with Gasteiger partial charge >= 0.3 is 0 Å². The molecule has 0 radical (unpaired) electrons. The highest BCUT2D eigenvalue weighted by molar-refractivity contribution is 7.98. The highest BCUT2D eigenvalue weighted by Gasteiger charge is 2.22. The van der Waals surface area contributed by atoms with Crippen LogP contribution in [0.2, 0.25) is 0 Å². The number of nitriles is 1. The van der Waals surface area contributed by atoms with Crippen molar-refractivity contribution in [2.45, 2.75) is 24.3 Å². The summed E-state index contributed by atoms with van der Waals surface area (Å²) in [5, 5.41) is 8.70. The number of halogens is 1. The molecule has 0 aliphatic heterocycles. The molecule has 0 saturated heterocycles. The maximum absolute atomic E-state index is 13.8. The molecule has 0 aliphatic rings. The van der Waals surface area contributed by atoms with Crippen LogP contribution >= 0.6 is 11.8 Å². The van der Waals surface area contributed by atoms with E-state index in [-0.39, 0.29) is 11.6 Å². The van der Waals surface area contributed by atoms with E-state index in [1.807, 2.05) is 6.26 Å². The van der Waals surface area contributed by atoms with Crippen LogP contribution in [0.25, 0.3) is 0 Å². The highest BCUT2D eigenvalue weighted by Crippen LogP contribution is 2.18. The third-order valence-electron chi connectivity index (χ3n) is 2.48. The number of rotatable bonds is 6.